The van der Waals surface area contributed by atoms with Crippen molar-refractivity contribution >= 4 is 0 Å². The molecule has 0 aromatic carbocycles. The van der Waals surface area contributed by atoms with Crippen LogP contribution >= 0.6 is 0 Å². The van der Waals surface area contributed by atoms with Crippen LogP contribution in [0.15, 0.2) is 0 Å². The third-order valence-corrected chi connectivity index (χ3v) is 3.25. The standard InChI is InChI=1S/C15H33NO/c1-3-5-6-7-8-9-10-11-12-13-15-16(17)14-4-2/h17H,3-15H2,1-2H3. The van der Waals surface area contributed by atoms with Crippen LogP contribution < -0.4 is 0 Å². The maximum absolute atomic E-state index is 9.41. The van der Waals surface area contributed by atoms with Crippen LogP contribution in [0.25, 0.3) is 0 Å². The molecule has 0 amide bonds. The molecule has 0 atom stereocenters. The van der Waals surface area contributed by atoms with Crippen molar-refractivity contribution in [2.45, 2.75) is 84.5 Å². The molecule has 0 unspecified atom stereocenters. The van der Waals surface area contributed by atoms with Gasteiger partial charge >= 0.3 is 0 Å². The summed E-state index contributed by atoms with van der Waals surface area (Å²) < 4.78 is 0. The van der Waals surface area contributed by atoms with Crippen LogP contribution in [0.4, 0.5) is 0 Å². The first-order chi connectivity index (χ1) is 8.31. The zero-order chi connectivity index (χ0) is 12.8. The second-order valence-corrected chi connectivity index (χ2v) is 5.14. The maximum Gasteiger partial charge on any atom is 0.0238 e. The molecule has 0 aromatic rings. The van der Waals surface area contributed by atoms with E-state index in [1.807, 2.05) is 0 Å². The van der Waals surface area contributed by atoms with Crippen LogP contribution in [0.5, 0.6) is 0 Å². The Morgan fingerprint density at radius 2 is 1.06 bits per heavy atom. The zero-order valence-corrected chi connectivity index (χ0v) is 12.1. The summed E-state index contributed by atoms with van der Waals surface area (Å²) in [5, 5.41) is 10.9. The summed E-state index contributed by atoms with van der Waals surface area (Å²) in [6.45, 7) is 6.03. The van der Waals surface area contributed by atoms with E-state index in [1.165, 1.54) is 62.9 Å². The Hall–Kier alpha value is -0.0800. The summed E-state index contributed by atoms with van der Waals surface area (Å²) >= 11 is 0. The number of unbranched alkanes of at least 4 members (excludes halogenated alkanes) is 9. The average molecular weight is 243 g/mol. The molecule has 2 nitrogen and oxygen atoms in total. The Balaban J connectivity index is 2.98. The third kappa shape index (κ3) is 13.9. The van der Waals surface area contributed by atoms with Crippen molar-refractivity contribution in [1.82, 2.24) is 5.06 Å². The maximum atomic E-state index is 9.41. The Morgan fingerprint density at radius 3 is 1.53 bits per heavy atom. The number of rotatable bonds is 13. The number of hydrogen-bond donors (Lipinski definition) is 1. The van der Waals surface area contributed by atoms with Crippen molar-refractivity contribution in [1.29, 1.82) is 0 Å². The lowest BCUT2D eigenvalue weighted by Crippen LogP contribution is -2.21. The molecule has 0 bridgehead atoms. The van der Waals surface area contributed by atoms with Gasteiger partial charge in [0.25, 0.3) is 0 Å². The number of hydroxylamine groups is 2. The first kappa shape index (κ1) is 16.9. The lowest BCUT2D eigenvalue weighted by Gasteiger charge is -2.12. The van der Waals surface area contributed by atoms with E-state index in [0.29, 0.717) is 0 Å². The van der Waals surface area contributed by atoms with Gasteiger partial charge in [0.05, 0.1) is 0 Å². The highest BCUT2D eigenvalue weighted by molar-refractivity contribution is 4.49. The molecule has 0 spiro atoms. The van der Waals surface area contributed by atoms with Gasteiger partial charge in [0, 0.05) is 13.1 Å². The molecule has 1 N–H and O–H groups in total. The minimum absolute atomic E-state index is 0.817. The second-order valence-electron chi connectivity index (χ2n) is 5.14. The smallest absolute Gasteiger partial charge is 0.0238 e. The van der Waals surface area contributed by atoms with Gasteiger partial charge in [-0.1, -0.05) is 71.6 Å². The minimum Gasteiger partial charge on any atom is -0.314 e. The van der Waals surface area contributed by atoms with E-state index in [0.717, 1.165) is 25.9 Å². The van der Waals surface area contributed by atoms with Crippen LogP contribution in [0.2, 0.25) is 0 Å². The fraction of sp³-hybridized carbons (Fsp3) is 1.00. The Kier molecular flexibility index (Phi) is 13.9. The van der Waals surface area contributed by atoms with Crippen molar-refractivity contribution in [2.24, 2.45) is 0 Å². The van der Waals surface area contributed by atoms with Gasteiger partial charge in [0.2, 0.25) is 0 Å². The van der Waals surface area contributed by atoms with E-state index in [1.54, 1.807) is 0 Å². The van der Waals surface area contributed by atoms with Crippen molar-refractivity contribution in [3.8, 4) is 0 Å². The monoisotopic (exact) mass is 243 g/mol. The van der Waals surface area contributed by atoms with Gasteiger partial charge in [0.15, 0.2) is 0 Å². The predicted molar refractivity (Wildman–Crippen MR) is 75.5 cm³/mol. The van der Waals surface area contributed by atoms with Gasteiger partial charge in [0.1, 0.15) is 0 Å². The number of nitrogens with zero attached hydrogens (tertiary/aromatic N) is 1. The SMILES string of the molecule is CCCCCCCCCCCCN(O)CCC. The molecule has 0 saturated carbocycles. The van der Waals surface area contributed by atoms with Crippen molar-refractivity contribution < 1.29 is 5.21 Å². The molecule has 0 fully saturated rings. The Bertz CT molecular complexity index is 139. The molecule has 0 saturated heterocycles. The molecular weight excluding hydrogens is 210 g/mol. The van der Waals surface area contributed by atoms with E-state index < -0.39 is 0 Å². The molecule has 0 aliphatic rings. The molecule has 0 heterocycles. The summed E-state index contributed by atoms with van der Waals surface area (Å²) in [7, 11) is 0. The largest absolute Gasteiger partial charge is 0.314 e. The highest BCUT2D eigenvalue weighted by Gasteiger charge is 1.97. The van der Waals surface area contributed by atoms with Crippen molar-refractivity contribution in [2.75, 3.05) is 13.1 Å². The first-order valence-corrected chi connectivity index (χ1v) is 7.75. The minimum atomic E-state index is 0.817. The summed E-state index contributed by atoms with van der Waals surface area (Å²) in [5.41, 5.74) is 0. The fourth-order valence-corrected chi connectivity index (χ4v) is 2.15. The van der Waals surface area contributed by atoms with E-state index in [9.17, 15) is 5.21 Å². The molecule has 0 radical (unpaired) electrons. The molecule has 17 heavy (non-hydrogen) atoms. The summed E-state index contributed by atoms with van der Waals surface area (Å²) in [4.78, 5) is 0. The highest BCUT2D eigenvalue weighted by atomic mass is 16.5. The van der Waals surface area contributed by atoms with Gasteiger partial charge in [-0.2, -0.15) is 5.06 Å². The van der Waals surface area contributed by atoms with Crippen LogP contribution in [-0.2, 0) is 0 Å². The summed E-state index contributed by atoms with van der Waals surface area (Å²) in [6.07, 6.45) is 14.6. The number of hydrogen-bond acceptors (Lipinski definition) is 2. The quantitative estimate of drug-likeness (QED) is 0.363. The van der Waals surface area contributed by atoms with Crippen LogP contribution in [0.1, 0.15) is 84.5 Å². The Morgan fingerprint density at radius 1 is 0.588 bits per heavy atom. The molecule has 2 heteroatoms. The van der Waals surface area contributed by atoms with Crippen LogP contribution in [0, 0.1) is 0 Å². The molecule has 0 aliphatic heterocycles. The van der Waals surface area contributed by atoms with Crippen molar-refractivity contribution in [3.05, 3.63) is 0 Å². The third-order valence-electron chi connectivity index (χ3n) is 3.25. The van der Waals surface area contributed by atoms with Gasteiger partial charge in [-0.25, -0.2) is 0 Å². The van der Waals surface area contributed by atoms with Crippen molar-refractivity contribution in [3.63, 3.8) is 0 Å². The zero-order valence-electron chi connectivity index (χ0n) is 12.1. The second kappa shape index (κ2) is 14.0. The fourth-order valence-electron chi connectivity index (χ4n) is 2.15. The Labute approximate surface area is 108 Å². The highest BCUT2D eigenvalue weighted by Crippen LogP contribution is 2.10. The topological polar surface area (TPSA) is 23.5 Å². The van der Waals surface area contributed by atoms with E-state index >= 15 is 0 Å². The lowest BCUT2D eigenvalue weighted by atomic mass is 10.1. The van der Waals surface area contributed by atoms with Crippen LogP contribution in [0.3, 0.4) is 0 Å². The van der Waals surface area contributed by atoms with Gasteiger partial charge in [-0.15, -0.1) is 0 Å². The molecule has 0 aliphatic carbocycles. The van der Waals surface area contributed by atoms with Gasteiger partial charge in [-0.3, -0.25) is 0 Å². The van der Waals surface area contributed by atoms with Gasteiger partial charge < -0.3 is 5.21 Å². The normalized spacial score (nSPS) is 11.3. The van der Waals surface area contributed by atoms with E-state index in [2.05, 4.69) is 13.8 Å². The summed E-state index contributed by atoms with van der Waals surface area (Å²) in [5.74, 6) is 0. The lowest BCUT2D eigenvalue weighted by molar-refractivity contribution is -0.0913. The molecular formula is C15H33NO. The predicted octanol–water partition coefficient (Wildman–Crippen LogP) is 5.01. The molecule has 0 aromatic heterocycles. The first-order valence-electron chi connectivity index (χ1n) is 7.75. The molecule has 104 valence electrons. The molecule has 0 rings (SSSR count). The summed E-state index contributed by atoms with van der Waals surface area (Å²) in [6, 6.07) is 0. The van der Waals surface area contributed by atoms with Gasteiger partial charge in [-0.05, 0) is 12.8 Å². The van der Waals surface area contributed by atoms with Crippen LogP contribution in [-0.4, -0.2) is 23.4 Å². The van der Waals surface area contributed by atoms with E-state index in [-0.39, 0.29) is 0 Å². The van der Waals surface area contributed by atoms with E-state index in [4.69, 9.17) is 0 Å². The average Bonchev–Trinajstić information content (AvgIpc) is 2.32.